The summed E-state index contributed by atoms with van der Waals surface area (Å²) in [6.07, 6.45) is 1.76. The van der Waals surface area contributed by atoms with Crippen molar-refractivity contribution in [2.24, 2.45) is 5.92 Å². The SMILES string of the molecule is Cc1ccc(CN(C(=O)C2CC2)C2CC(=O)N(c3ccccc3)C2=O)cc1. The molecular weight excluding hydrogens is 340 g/mol. The molecule has 0 spiro atoms. The Morgan fingerprint density at radius 3 is 2.33 bits per heavy atom. The molecule has 1 aliphatic carbocycles. The predicted molar refractivity (Wildman–Crippen MR) is 102 cm³/mol. The maximum Gasteiger partial charge on any atom is 0.257 e. The van der Waals surface area contributed by atoms with Crippen molar-refractivity contribution in [1.29, 1.82) is 0 Å². The van der Waals surface area contributed by atoms with Crippen LogP contribution in [0.15, 0.2) is 54.6 Å². The van der Waals surface area contributed by atoms with E-state index in [1.54, 1.807) is 29.2 Å². The maximum atomic E-state index is 13.1. The van der Waals surface area contributed by atoms with Crippen molar-refractivity contribution in [3.05, 3.63) is 65.7 Å². The summed E-state index contributed by atoms with van der Waals surface area (Å²) in [6.45, 7) is 2.36. The Balaban J connectivity index is 1.61. The molecule has 1 unspecified atom stereocenters. The zero-order chi connectivity index (χ0) is 19.0. The van der Waals surface area contributed by atoms with Crippen molar-refractivity contribution < 1.29 is 14.4 Å². The molecule has 2 aliphatic rings. The first-order valence-electron chi connectivity index (χ1n) is 9.32. The molecule has 1 atom stereocenters. The molecule has 5 nitrogen and oxygen atoms in total. The van der Waals surface area contributed by atoms with Crippen LogP contribution in [0.2, 0.25) is 0 Å². The van der Waals surface area contributed by atoms with E-state index in [9.17, 15) is 14.4 Å². The Morgan fingerprint density at radius 1 is 1.04 bits per heavy atom. The Morgan fingerprint density at radius 2 is 1.70 bits per heavy atom. The smallest absolute Gasteiger partial charge is 0.257 e. The van der Waals surface area contributed by atoms with Gasteiger partial charge in [-0.3, -0.25) is 14.4 Å². The molecule has 4 rings (SSSR count). The summed E-state index contributed by atoms with van der Waals surface area (Å²) in [6, 6.07) is 16.1. The minimum atomic E-state index is -0.730. The summed E-state index contributed by atoms with van der Waals surface area (Å²) < 4.78 is 0. The fraction of sp³-hybridized carbons (Fsp3) is 0.318. The van der Waals surface area contributed by atoms with E-state index in [1.165, 1.54) is 4.90 Å². The van der Waals surface area contributed by atoms with Gasteiger partial charge in [0, 0.05) is 12.5 Å². The van der Waals surface area contributed by atoms with E-state index in [0.29, 0.717) is 12.2 Å². The Kier molecular flexibility index (Phi) is 4.52. The van der Waals surface area contributed by atoms with Crippen molar-refractivity contribution in [3.63, 3.8) is 0 Å². The predicted octanol–water partition coefficient (Wildman–Crippen LogP) is 3.07. The lowest BCUT2D eigenvalue weighted by molar-refractivity contribution is -0.140. The molecular formula is C22H22N2O3. The first kappa shape index (κ1) is 17.5. The van der Waals surface area contributed by atoms with E-state index in [4.69, 9.17) is 0 Å². The summed E-state index contributed by atoms with van der Waals surface area (Å²) >= 11 is 0. The number of carbonyl (C=O) groups excluding carboxylic acids is 3. The second kappa shape index (κ2) is 6.99. The van der Waals surface area contributed by atoms with Crippen LogP contribution < -0.4 is 4.90 Å². The Hall–Kier alpha value is -2.95. The Bertz CT molecular complexity index is 872. The molecule has 3 amide bonds. The molecule has 0 bridgehead atoms. The van der Waals surface area contributed by atoms with Crippen LogP contribution >= 0.6 is 0 Å². The topological polar surface area (TPSA) is 57.7 Å². The third kappa shape index (κ3) is 3.50. The van der Waals surface area contributed by atoms with Crippen LogP contribution in [0, 0.1) is 12.8 Å². The van der Waals surface area contributed by atoms with Crippen molar-refractivity contribution in [3.8, 4) is 0 Å². The number of para-hydroxylation sites is 1. The van der Waals surface area contributed by atoms with E-state index < -0.39 is 6.04 Å². The van der Waals surface area contributed by atoms with Gasteiger partial charge in [0.1, 0.15) is 6.04 Å². The van der Waals surface area contributed by atoms with E-state index in [2.05, 4.69) is 0 Å². The fourth-order valence-electron chi connectivity index (χ4n) is 3.50. The second-order valence-electron chi connectivity index (χ2n) is 7.35. The number of aryl methyl sites for hydroxylation is 1. The van der Waals surface area contributed by atoms with E-state index in [1.807, 2.05) is 37.3 Å². The average molecular weight is 362 g/mol. The zero-order valence-corrected chi connectivity index (χ0v) is 15.3. The molecule has 5 heteroatoms. The quantitative estimate of drug-likeness (QED) is 0.768. The summed E-state index contributed by atoms with van der Waals surface area (Å²) in [5, 5.41) is 0. The summed E-state index contributed by atoms with van der Waals surface area (Å²) in [5.41, 5.74) is 2.67. The molecule has 0 N–H and O–H groups in total. The average Bonchev–Trinajstić information content (AvgIpc) is 3.47. The van der Waals surface area contributed by atoms with Crippen LogP contribution in [-0.4, -0.2) is 28.7 Å². The minimum absolute atomic E-state index is 0.0101. The van der Waals surface area contributed by atoms with Crippen LogP contribution in [0.4, 0.5) is 5.69 Å². The third-order valence-corrected chi connectivity index (χ3v) is 5.20. The van der Waals surface area contributed by atoms with Gasteiger partial charge in [0.2, 0.25) is 11.8 Å². The molecule has 2 fully saturated rings. The number of carbonyl (C=O) groups is 3. The number of anilines is 1. The Labute approximate surface area is 158 Å². The molecule has 1 saturated carbocycles. The van der Waals surface area contributed by atoms with Crippen LogP contribution in [0.5, 0.6) is 0 Å². The molecule has 2 aromatic rings. The lowest BCUT2D eigenvalue weighted by atomic mass is 10.1. The van der Waals surface area contributed by atoms with Crippen LogP contribution in [0.25, 0.3) is 0 Å². The molecule has 0 aromatic heterocycles. The van der Waals surface area contributed by atoms with Gasteiger partial charge in [-0.05, 0) is 37.5 Å². The van der Waals surface area contributed by atoms with Gasteiger partial charge in [-0.2, -0.15) is 0 Å². The number of benzene rings is 2. The van der Waals surface area contributed by atoms with Gasteiger partial charge in [-0.15, -0.1) is 0 Å². The van der Waals surface area contributed by atoms with Gasteiger partial charge < -0.3 is 4.90 Å². The van der Waals surface area contributed by atoms with Gasteiger partial charge in [0.15, 0.2) is 0 Å². The number of nitrogens with zero attached hydrogens (tertiary/aromatic N) is 2. The monoisotopic (exact) mass is 362 g/mol. The number of amides is 3. The van der Waals surface area contributed by atoms with Gasteiger partial charge in [0.05, 0.1) is 12.1 Å². The van der Waals surface area contributed by atoms with Crippen molar-refractivity contribution in [2.45, 2.75) is 38.8 Å². The van der Waals surface area contributed by atoms with Gasteiger partial charge in [0.25, 0.3) is 5.91 Å². The molecule has 0 radical (unpaired) electrons. The number of imide groups is 1. The van der Waals surface area contributed by atoms with Crippen molar-refractivity contribution in [1.82, 2.24) is 4.90 Å². The first-order valence-corrected chi connectivity index (χ1v) is 9.32. The molecule has 1 aliphatic heterocycles. The summed E-state index contributed by atoms with van der Waals surface area (Å²) in [4.78, 5) is 41.4. The lowest BCUT2D eigenvalue weighted by Gasteiger charge is -2.28. The van der Waals surface area contributed by atoms with Gasteiger partial charge in [-0.25, -0.2) is 4.90 Å². The normalized spacial score (nSPS) is 19.4. The van der Waals surface area contributed by atoms with Crippen LogP contribution in [0.3, 0.4) is 0 Å². The highest BCUT2D eigenvalue weighted by Crippen LogP contribution is 2.34. The summed E-state index contributed by atoms with van der Waals surface area (Å²) in [5.74, 6) is -0.596. The minimum Gasteiger partial charge on any atom is -0.326 e. The largest absolute Gasteiger partial charge is 0.326 e. The zero-order valence-electron chi connectivity index (χ0n) is 15.3. The highest BCUT2D eigenvalue weighted by Gasteiger charge is 2.46. The third-order valence-electron chi connectivity index (χ3n) is 5.20. The van der Waals surface area contributed by atoms with E-state index in [0.717, 1.165) is 24.0 Å². The van der Waals surface area contributed by atoms with Gasteiger partial charge >= 0.3 is 0 Å². The van der Waals surface area contributed by atoms with Crippen molar-refractivity contribution in [2.75, 3.05) is 4.90 Å². The number of hydrogen-bond acceptors (Lipinski definition) is 3. The van der Waals surface area contributed by atoms with Gasteiger partial charge in [-0.1, -0.05) is 48.0 Å². The highest BCUT2D eigenvalue weighted by molar-refractivity contribution is 6.23. The van der Waals surface area contributed by atoms with Crippen molar-refractivity contribution >= 4 is 23.4 Å². The van der Waals surface area contributed by atoms with E-state index >= 15 is 0 Å². The maximum absolute atomic E-state index is 13.1. The second-order valence-corrected chi connectivity index (χ2v) is 7.35. The van der Waals surface area contributed by atoms with Crippen LogP contribution in [0.1, 0.15) is 30.4 Å². The lowest BCUT2D eigenvalue weighted by Crippen LogP contribution is -2.45. The first-order chi connectivity index (χ1) is 13.0. The molecule has 138 valence electrons. The van der Waals surface area contributed by atoms with Crippen LogP contribution in [-0.2, 0) is 20.9 Å². The highest BCUT2D eigenvalue weighted by atomic mass is 16.2. The molecule has 2 aromatic carbocycles. The fourth-order valence-corrected chi connectivity index (χ4v) is 3.50. The number of hydrogen-bond donors (Lipinski definition) is 0. The standard InChI is InChI=1S/C22H22N2O3/c1-15-7-9-16(10-8-15)14-23(21(26)17-11-12-17)19-13-20(25)24(22(19)27)18-5-3-2-4-6-18/h2-10,17,19H,11-14H2,1H3. The number of rotatable bonds is 5. The molecule has 1 saturated heterocycles. The van der Waals surface area contributed by atoms with E-state index in [-0.39, 0.29) is 30.1 Å². The molecule has 27 heavy (non-hydrogen) atoms. The molecule has 1 heterocycles. The summed E-state index contributed by atoms with van der Waals surface area (Å²) in [7, 11) is 0.